The lowest BCUT2D eigenvalue weighted by atomic mass is 10.1. The monoisotopic (exact) mass is 266 g/mol. The number of hydrogen-bond acceptors (Lipinski definition) is 4. The number of anilines is 1. The summed E-state index contributed by atoms with van der Waals surface area (Å²) in [5.41, 5.74) is 0.554. The average Bonchev–Trinajstić information content (AvgIpc) is 2.36. The molecular formula is C14H22N2O3. The Bertz CT molecular complexity index is 421. The van der Waals surface area contributed by atoms with Gasteiger partial charge in [0.25, 0.3) is 0 Å². The van der Waals surface area contributed by atoms with Gasteiger partial charge in [-0.3, -0.25) is 10.1 Å². The molecule has 1 aromatic carbocycles. The van der Waals surface area contributed by atoms with E-state index in [1.165, 1.54) is 0 Å². The minimum absolute atomic E-state index is 0.0268. The van der Waals surface area contributed by atoms with Crippen molar-refractivity contribution in [2.45, 2.75) is 46.1 Å². The van der Waals surface area contributed by atoms with Crippen molar-refractivity contribution in [3.63, 3.8) is 0 Å². The second kappa shape index (κ2) is 7.61. The maximum atomic E-state index is 11.2. The van der Waals surface area contributed by atoms with Crippen LogP contribution in [0.2, 0.25) is 0 Å². The standard InChI is InChI=1S/C14H22N2O3/c1-4-7-11(3)15-12-8-6-9-13(19-10-5-2)14(12)16(17)18/h6,8-9,11,15H,4-5,7,10H2,1-3H3. The largest absolute Gasteiger partial charge is 0.487 e. The molecule has 0 radical (unpaired) electrons. The van der Waals surface area contributed by atoms with Gasteiger partial charge in [0.1, 0.15) is 5.69 Å². The molecule has 1 atom stereocenters. The zero-order valence-corrected chi connectivity index (χ0v) is 11.8. The fraction of sp³-hybridized carbons (Fsp3) is 0.571. The molecule has 0 aromatic heterocycles. The number of nitro groups is 1. The third-order valence-corrected chi connectivity index (χ3v) is 2.77. The molecule has 0 heterocycles. The highest BCUT2D eigenvalue weighted by molar-refractivity contribution is 5.68. The Kier molecular flexibility index (Phi) is 6.12. The topological polar surface area (TPSA) is 64.4 Å². The Balaban J connectivity index is 2.99. The molecule has 0 aliphatic carbocycles. The Morgan fingerprint density at radius 3 is 2.68 bits per heavy atom. The molecule has 0 saturated carbocycles. The van der Waals surface area contributed by atoms with E-state index in [1.54, 1.807) is 18.2 Å². The molecule has 0 spiro atoms. The van der Waals surface area contributed by atoms with Crippen molar-refractivity contribution in [1.82, 2.24) is 0 Å². The van der Waals surface area contributed by atoms with Gasteiger partial charge < -0.3 is 10.1 Å². The van der Waals surface area contributed by atoms with Crippen molar-refractivity contribution >= 4 is 11.4 Å². The molecule has 1 N–H and O–H groups in total. The van der Waals surface area contributed by atoms with Crippen LogP contribution in [0.4, 0.5) is 11.4 Å². The van der Waals surface area contributed by atoms with Crippen molar-refractivity contribution in [1.29, 1.82) is 0 Å². The summed E-state index contributed by atoms with van der Waals surface area (Å²) in [7, 11) is 0. The van der Waals surface area contributed by atoms with Crippen LogP contribution >= 0.6 is 0 Å². The predicted octanol–water partition coefficient (Wildman–Crippen LogP) is 3.98. The fourth-order valence-electron chi connectivity index (χ4n) is 1.93. The van der Waals surface area contributed by atoms with Crippen LogP contribution < -0.4 is 10.1 Å². The van der Waals surface area contributed by atoms with E-state index in [4.69, 9.17) is 4.74 Å². The Morgan fingerprint density at radius 1 is 1.37 bits per heavy atom. The minimum Gasteiger partial charge on any atom is -0.487 e. The maximum Gasteiger partial charge on any atom is 0.333 e. The van der Waals surface area contributed by atoms with Crippen LogP contribution in [-0.2, 0) is 0 Å². The summed E-state index contributed by atoms with van der Waals surface area (Å²) in [6.07, 6.45) is 2.83. The van der Waals surface area contributed by atoms with Gasteiger partial charge in [-0.05, 0) is 31.9 Å². The van der Waals surface area contributed by atoms with E-state index in [0.717, 1.165) is 19.3 Å². The van der Waals surface area contributed by atoms with Crippen molar-refractivity contribution in [2.75, 3.05) is 11.9 Å². The average molecular weight is 266 g/mol. The van der Waals surface area contributed by atoms with E-state index in [1.807, 2.05) is 13.8 Å². The van der Waals surface area contributed by atoms with Crippen LogP contribution in [0.3, 0.4) is 0 Å². The third-order valence-electron chi connectivity index (χ3n) is 2.77. The van der Waals surface area contributed by atoms with Crippen LogP contribution in [0, 0.1) is 10.1 Å². The van der Waals surface area contributed by atoms with E-state index < -0.39 is 0 Å². The van der Waals surface area contributed by atoms with Gasteiger partial charge in [0.05, 0.1) is 11.5 Å². The molecule has 0 aliphatic rings. The van der Waals surface area contributed by atoms with E-state index in [-0.39, 0.29) is 16.7 Å². The number of ether oxygens (including phenoxy) is 1. The van der Waals surface area contributed by atoms with Crippen molar-refractivity contribution < 1.29 is 9.66 Å². The lowest BCUT2D eigenvalue weighted by Gasteiger charge is -2.15. The van der Waals surface area contributed by atoms with Crippen LogP contribution in [0.5, 0.6) is 5.75 Å². The second-order valence-electron chi connectivity index (χ2n) is 4.59. The number of nitrogens with one attached hydrogen (secondary N) is 1. The van der Waals surface area contributed by atoms with Crippen molar-refractivity contribution in [2.24, 2.45) is 0 Å². The van der Waals surface area contributed by atoms with E-state index in [2.05, 4.69) is 12.2 Å². The Labute approximate surface area is 114 Å². The summed E-state index contributed by atoms with van der Waals surface area (Å²) >= 11 is 0. The SMILES string of the molecule is CCCOc1cccc(NC(C)CCC)c1[N+](=O)[O-]. The first-order valence-corrected chi connectivity index (χ1v) is 6.76. The van der Waals surface area contributed by atoms with Crippen LogP contribution in [0.1, 0.15) is 40.0 Å². The molecule has 0 bridgehead atoms. The first kappa shape index (κ1) is 15.3. The van der Waals surface area contributed by atoms with Crippen molar-refractivity contribution in [3.8, 4) is 5.75 Å². The van der Waals surface area contributed by atoms with Crippen LogP contribution in [0.15, 0.2) is 18.2 Å². The summed E-state index contributed by atoms with van der Waals surface area (Å²) in [6.45, 7) is 6.56. The quantitative estimate of drug-likeness (QED) is 0.571. The molecule has 106 valence electrons. The summed E-state index contributed by atoms with van der Waals surface area (Å²) in [4.78, 5) is 10.8. The molecule has 5 nitrogen and oxygen atoms in total. The molecular weight excluding hydrogens is 244 g/mol. The van der Waals surface area contributed by atoms with Gasteiger partial charge in [0, 0.05) is 6.04 Å². The first-order chi connectivity index (χ1) is 9.10. The van der Waals surface area contributed by atoms with Gasteiger partial charge in [-0.25, -0.2) is 0 Å². The van der Waals surface area contributed by atoms with Crippen LogP contribution in [0.25, 0.3) is 0 Å². The zero-order chi connectivity index (χ0) is 14.3. The van der Waals surface area contributed by atoms with E-state index in [9.17, 15) is 10.1 Å². The Hall–Kier alpha value is -1.78. The summed E-state index contributed by atoms with van der Waals surface area (Å²) in [6, 6.07) is 5.34. The molecule has 5 heteroatoms. The number of hydrogen-bond donors (Lipinski definition) is 1. The number of benzene rings is 1. The third kappa shape index (κ3) is 4.43. The smallest absolute Gasteiger partial charge is 0.333 e. The number of nitro benzene ring substituents is 1. The molecule has 0 fully saturated rings. The number of para-hydroxylation sites is 1. The first-order valence-electron chi connectivity index (χ1n) is 6.76. The van der Waals surface area contributed by atoms with Gasteiger partial charge in [-0.2, -0.15) is 0 Å². The summed E-state index contributed by atoms with van der Waals surface area (Å²) in [5.74, 6) is 0.334. The number of rotatable bonds is 8. The lowest BCUT2D eigenvalue weighted by Crippen LogP contribution is -2.15. The highest BCUT2D eigenvalue weighted by atomic mass is 16.6. The maximum absolute atomic E-state index is 11.2. The zero-order valence-electron chi connectivity index (χ0n) is 11.8. The van der Waals surface area contributed by atoms with E-state index in [0.29, 0.717) is 18.0 Å². The molecule has 1 unspecified atom stereocenters. The molecule has 19 heavy (non-hydrogen) atoms. The molecule has 0 saturated heterocycles. The molecule has 1 rings (SSSR count). The second-order valence-corrected chi connectivity index (χ2v) is 4.59. The normalized spacial score (nSPS) is 11.9. The van der Waals surface area contributed by atoms with Gasteiger partial charge in [0.2, 0.25) is 0 Å². The highest BCUT2D eigenvalue weighted by Crippen LogP contribution is 2.35. The number of nitrogens with zero attached hydrogens (tertiary/aromatic N) is 1. The van der Waals surface area contributed by atoms with Crippen LogP contribution in [-0.4, -0.2) is 17.6 Å². The lowest BCUT2D eigenvalue weighted by molar-refractivity contribution is -0.385. The van der Waals surface area contributed by atoms with Gasteiger partial charge in [-0.15, -0.1) is 0 Å². The van der Waals surface area contributed by atoms with Gasteiger partial charge >= 0.3 is 5.69 Å². The van der Waals surface area contributed by atoms with E-state index >= 15 is 0 Å². The molecule has 0 amide bonds. The molecule has 1 aromatic rings. The Morgan fingerprint density at radius 2 is 2.11 bits per heavy atom. The highest BCUT2D eigenvalue weighted by Gasteiger charge is 2.21. The summed E-state index contributed by atoms with van der Waals surface area (Å²) in [5, 5.41) is 14.4. The van der Waals surface area contributed by atoms with Gasteiger partial charge in [-0.1, -0.05) is 26.3 Å². The molecule has 0 aliphatic heterocycles. The fourth-order valence-corrected chi connectivity index (χ4v) is 1.93. The predicted molar refractivity (Wildman–Crippen MR) is 76.9 cm³/mol. The van der Waals surface area contributed by atoms with Gasteiger partial charge in [0.15, 0.2) is 5.75 Å². The van der Waals surface area contributed by atoms with Crippen molar-refractivity contribution in [3.05, 3.63) is 28.3 Å². The summed E-state index contributed by atoms with van der Waals surface area (Å²) < 4.78 is 5.45. The minimum atomic E-state index is -0.383.